The lowest BCUT2D eigenvalue weighted by molar-refractivity contribution is 0.0963. The third-order valence-corrected chi connectivity index (χ3v) is 3.04. The van der Waals surface area contributed by atoms with Crippen LogP contribution in [0.4, 0.5) is 5.82 Å². The fourth-order valence-electron chi connectivity index (χ4n) is 1.95. The van der Waals surface area contributed by atoms with Crippen LogP contribution in [-0.2, 0) is 4.74 Å². The van der Waals surface area contributed by atoms with Crippen LogP contribution in [0.2, 0.25) is 0 Å². The van der Waals surface area contributed by atoms with Gasteiger partial charge in [-0.2, -0.15) is 0 Å². The Labute approximate surface area is 124 Å². The van der Waals surface area contributed by atoms with Crippen LogP contribution in [-0.4, -0.2) is 38.2 Å². The van der Waals surface area contributed by atoms with Gasteiger partial charge < -0.3 is 15.4 Å². The molecule has 2 aromatic rings. The van der Waals surface area contributed by atoms with Crippen molar-refractivity contribution >= 4 is 11.7 Å². The highest BCUT2D eigenvalue weighted by Crippen LogP contribution is 2.21. The molecule has 0 saturated carbocycles. The summed E-state index contributed by atoms with van der Waals surface area (Å²) in [7, 11) is 3.24. The molecule has 1 amide bonds. The van der Waals surface area contributed by atoms with E-state index in [-0.39, 0.29) is 5.91 Å². The Bertz CT molecular complexity index is 600. The molecule has 2 rings (SSSR count). The Kier molecular flexibility index (Phi) is 5.29. The molecule has 0 aliphatic carbocycles. The normalized spacial score (nSPS) is 10.2. The second kappa shape index (κ2) is 7.40. The van der Waals surface area contributed by atoms with Gasteiger partial charge in [-0.15, -0.1) is 0 Å². The van der Waals surface area contributed by atoms with E-state index < -0.39 is 0 Å². The molecule has 110 valence electrons. The van der Waals surface area contributed by atoms with Crippen molar-refractivity contribution in [3.63, 3.8) is 0 Å². The first-order valence-corrected chi connectivity index (χ1v) is 6.77. The lowest BCUT2D eigenvalue weighted by Crippen LogP contribution is -2.21. The number of nitrogens with one attached hydrogen (secondary N) is 2. The van der Waals surface area contributed by atoms with Crippen molar-refractivity contribution in [1.29, 1.82) is 0 Å². The quantitative estimate of drug-likeness (QED) is 0.798. The average molecular weight is 285 g/mol. The first kappa shape index (κ1) is 15.0. The molecule has 0 saturated heterocycles. The molecule has 1 heterocycles. The number of aromatic nitrogens is 1. The molecule has 1 aromatic heterocycles. The number of anilines is 1. The number of pyridine rings is 1. The van der Waals surface area contributed by atoms with Gasteiger partial charge in [-0.1, -0.05) is 30.3 Å². The fraction of sp³-hybridized carbons (Fsp3) is 0.250. The molecule has 0 bridgehead atoms. The van der Waals surface area contributed by atoms with Crippen molar-refractivity contribution in [2.24, 2.45) is 0 Å². The predicted molar refractivity (Wildman–Crippen MR) is 83.4 cm³/mol. The summed E-state index contributed by atoms with van der Waals surface area (Å²) in [6.07, 6.45) is 0. The summed E-state index contributed by atoms with van der Waals surface area (Å²) in [4.78, 5) is 16.4. The van der Waals surface area contributed by atoms with Crippen LogP contribution in [0.15, 0.2) is 42.5 Å². The van der Waals surface area contributed by atoms with Gasteiger partial charge in [0.2, 0.25) is 0 Å². The van der Waals surface area contributed by atoms with Gasteiger partial charge in [0.1, 0.15) is 5.82 Å². The first-order valence-electron chi connectivity index (χ1n) is 6.77. The molecule has 5 heteroatoms. The second-order valence-electron chi connectivity index (χ2n) is 4.46. The van der Waals surface area contributed by atoms with E-state index in [0.717, 1.165) is 11.3 Å². The topological polar surface area (TPSA) is 63.2 Å². The number of ether oxygens (including phenoxy) is 1. The summed E-state index contributed by atoms with van der Waals surface area (Å²) in [5, 5.41) is 5.76. The van der Waals surface area contributed by atoms with E-state index in [1.54, 1.807) is 20.2 Å². The van der Waals surface area contributed by atoms with Gasteiger partial charge >= 0.3 is 0 Å². The molecule has 0 aliphatic rings. The van der Waals surface area contributed by atoms with Crippen molar-refractivity contribution in [2.75, 3.05) is 32.6 Å². The lowest BCUT2D eigenvalue weighted by Gasteiger charge is -2.12. The maximum absolute atomic E-state index is 11.9. The van der Waals surface area contributed by atoms with Crippen molar-refractivity contribution in [2.45, 2.75) is 0 Å². The molecule has 2 N–H and O–H groups in total. The minimum atomic E-state index is -0.165. The highest BCUT2D eigenvalue weighted by Gasteiger charge is 2.12. The number of nitrogens with zero attached hydrogens (tertiary/aromatic N) is 1. The van der Waals surface area contributed by atoms with Crippen LogP contribution in [0.3, 0.4) is 0 Å². The first-order chi connectivity index (χ1) is 10.3. The van der Waals surface area contributed by atoms with E-state index in [2.05, 4.69) is 15.6 Å². The summed E-state index contributed by atoms with van der Waals surface area (Å²) in [5.74, 6) is 0.398. The summed E-state index contributed by atoms with van der Waals surface area (Å²) < 4.78 is 5.01. The highest BCUT2D eigenvalue weighted by atomic mass is 16.5. The zero-order valence-electron chi connectivity index (χ0n) is 12.2. The Balaban J connectivity index is 2.34. The smallest absolute Gasteiger partial charge is 0.254 e. The Morgan fingerprint density at radius 3 is 2.62 bits per heavy atom. The number of carbonyl (C=O) groups excluding carboxylic acids is 1. The monoisotopic (exact) mass is 285 g/mol. The van der Waals surface area contributed by atoms with Gasteiger partial charge in [-0.05, 0) is 12.1 Å². The van der Waals surface area contributed by atoms with E-state index in [1.807, 2.05) is 36.4 Å². The number of rotatable bonds is 6. The van der Waals surface area contributed by atoms with Crippen molar-refractivity contribution < 1.29 is 9.53 Å². The maximum atomic E-state index is 11.9. The highest BCUT2D eigenvalue weighted by molar-refractivity contribution is 5.99. The van der Waals surface area contributed by atoms with E-state index in [4.69, 9.17) is 4.74 Å². The van der Waals surface area contributed by atoms with Gasteiger partial charge in [0, 0.05) is 26.3 Å². The van der Waals surface area contributed by atoms with Crippen LogP contribution in [0.25, 0.3) is 11.3 Å². The number of hydrogen-bond acceptors (Lipinski definition) is 4. The molecule has 0 fully saturated rings. The predicted octanol–water partition coefficient (Wildman–Crippen LogP) is 2.17. The largest absolute Gasteiger partial charge is 0.383 e. The van der Waals surface area contributed by atoms with Crippen LogP contribution < -0.4 is 10.6 Å². The van der Waals surface area contributed by atoms with Gasteiger partial charge in [-0.3, -0.25) is 4.79 Å². The number of hydrogen-bond donors (Lipinski definition) is 2. The van der Waals surface area contributed by atoms with Crippen molar-refractivity contribution in [3.05, 3.63) is 48.0 Å². The van der Waals surface area contributed by atoms with E-state index in [1.165, 1.54) is 0 Å². The van der Waals surface area contributed by atoms with Gasteiger partial charge in [0.25, 0.3) is 5.91 Å². The number of methoxy groups -OCH3 is 1. The van der Waals surface area contributed by atoms with Gasteiger partial charge in [0.15, 0.2) is 0 Å². The van der Waals surface area contributed by atoms with Crippen LogP contribution >= 0.6 is 0 Å². The molecule has 0 radical (unpaired) electrons. The number of amides is 1. The molecule has 21 heavy (non-hydrogen) atoms. The van der Waals surface area contributed by atoms with Gasteiger partial charge in [0.05, 0.1) is 17.9 Å². The number of benzene rings is 1. The Morgan fingerprint density at radius 1 is 1.19 bits per heavy atom. The SMILES string of the molecule is CNC(=O)c1ccc(-c2ccccc2)nc1NCCOC. The van der Waals surface area contributed by atoms with Crippen molar-refractivity contribution in [1.82, 2.24) is 10.3 Å². The molecule has 0 unspecified atom stereocenters. The average Bonchev–Trinajstić information content (AvgIpc) is 2.55. The van der Waals surface area contributed by atoms with Crippen LogP contribution in [0, 0.1) is 0 Å². The Morgan fingerprint density at radius 2 is 1.95 bits per heavy atom. The molecule has 0 atom stereocenters. The van der Waals surface area contributed by atoms with E-state index in [9.17, 15) is 4.79 Å². The molecular weight excluding hydrogens is 266 g/mol. The minimum Gasteiger partial charge on any atom is -0.383 e. The molecule has 0 aliphatic heterocycles. The number of carbonyl (C=O) groups is 1. The fourth-order valence-corrected chi connectivity index (χ4v) is 1.95. The molecular formula is C16H19N3O2. The molecule has 5 nitrogen and oxygen atoms in total. The summed E-state index contributed by atoms with van der Waals surface area (Å²) in [6, 6.07) is 13.5. The van der Waals surface area contributed by atoms with Gasteiger partial charge in [-0.25, -0.2) is 4.98 Å². The van der Waals surface area contributed by atoms with Crippen molar-refractivity contribution in [3.8, 4) is 11.3 Å². The van der Waals surface area contributed by atoms with E-state index >= 15 is 0 Å². The third kappa shape index (κ3) is 3.79. The summed E-state index contributed by atoms with van der Waals surface area (Å²) >= 11 is 0. The zero-order chi connectivity index (χ0) is 15.1. The summed E-state index contributed by atoms with van der Waals surface area (Å²) in [5.41, 5.74) is 2.35. The summed E-state index contributed by atoms with van der Waals surface area (Å²) in [6.45, 7) is 1.14. The second-order valence-corrected chi connectivity index (χ2v) is 4.46. The Hall–Kier alpha value is -2.40. The van der Waals surface area contributed by atoms with Crippen LogP contribution in [0.5, 0.6) is 0 Å². The van der Waals surface area contributed by atoms with Crippen LogP contribution in [0.1, 0.15) is 10.4 Å². The maximum Gasteiger partial charge on any atom is 0.254 e. The zero-order valence-corrected chi connectivity index (χ0v) is 12.2. The van der Waals surface area contributed by atoms with E-state index in [0.29, 0.717) is 24.5 Å². The molecule has 0 spiro atoms. The minimum absolute atomic E-state index is 0.165. The molecule has 1 aromatic carbocycles. The lowest BCUT2D eigenvalue weighted by atomic mass is 10.1. The standard InChI is InChI=1S/C16H19N3O2/c1-17-16(20)13-8-9-14(12-6-4-3-5-7-12)19-15(13)18-10-11-21-2/h3-9H,10-11H2,1-2H3,(H,17,20)(H,18,19). The third-order valence-electron chi connectivity index (χ3n) is 3.04.